The standard InChI is InChI=1S/C18H24O3/c1-4-21-18(20)17(15(3)19)13-11-14(2)10-12-16-8-6-5-7-9-16/h5-9,11,17H,4,10,12-13H2,1-3H3/b14-11+. The lowest BCUT2D eigenvalue weighted by Crippen LogP contribution is -2.23. The average molecular weight is 288 g/mol. The van der Waals surface area contributed by atoms with Gasteiger partial charge in [0.1, 0.15) is 11.7 Å². The summed E-state index contributed by atoms with van der Waals surface area (Å²) in [4.78, 5) is 23.2. The summed E-state index contributed by atoms with van der Waals surface area (Å²) in [5.74, 6) is -1.23. The number of rotatable bonds is 8. The lowest BCUT2D eigenvalue weighted by atomic mass is 9.98. The van der Waals surface area contributed by atoms with Gasteiger partial charge in [0.05, 0.1) is 6.61 Å². The van der Waals surface area contributed by atoms with Crippen LogP contribution in [0, 0.1) is 5.92 Å². The van der Waals surface area contributed by atoms with E-state index in [9.17, 15) is 9.59 Å². The maximum Gasteiger partial charge on any atom is 0.316 e. The summed E-state index contributed by atoms with van der Waals surface area (Å²) >= 11 is 0. The van der Waals surface area contributed by atoms with Gasteiger partial charge in [-0.3, -0.25) is 9.59 Å². The Kier molecular flexibility index (Phi) is 7.44. The zero-order chi connectivity index (χ0) is 15.7. The highest BCUT2D eigenvalue weighted by molar-refractivity contribution is 5.97. The predicted octanol–water partition coefficient (Wildman–Crippen LogP) is 3.72. The Hall–Kier alpha value is -1.90. The van der Waals surface area contributed by atoms with Crippen LogP contribution in [0.2, 0.25) is 0 Å². The maximum absolute atomic E-state index is 11.7. The third-order valence-corrected chi connectivity index (χ3v) is 3.41. The molecule has 3 nitrogen and oxygen atoms in total. The van der Waals surface area contributed by atoms with E-state index in [0.29, 0.717) is 13.0 Å². The van der Waals surface area contributed by atoms with Gasteiger partial charge in [-0.05, 0) is 45.6 Å². The Morgan fingerprint density at radius 2 is 1.86 bits per heavy atom. The van der Waals surface area contributed by atoms with E-state index in [-0.39, 0.29) is 5.78 Å². The van der Waals surface area contributed by atoms with E-state index < -0.39 is 11.9 Å². The largest absolute Gasteiger partial charge is 0.465 e. The van der Waals surface area contributed by atoms with Crippen LogP contribution in [0.15, 0.2) is 42.0 Å². The Bertz CT molecular complexity index is 488. The van der Waals surface area contributed by atoms with Crippen LogP contribution in [0.3, 0.4) is 0 Å². The molecule has 1 atom stereocenters. The number of carbonyl (C=O) groups is 2. The number of allylic oxidation sites excluding steroid dienone is 2. The SMILES string of the molecule is CCOC(=O)C(C/C=C(\C)CCc1ccccc1)C(C)=O. The highest BCUT2D eigenvalue weighted by Crippen LogP contribution is 2.14. The maximum atomic E-state index is 11.7. The average Bonchev–Trinajstić information content (AvgIpc) is 2.46. The van der Waals surface area contributed by atoms with E-state index in [1.54, 1.807) is 6.92 Å². The van der Waals surface area contributed by atoms with Crippen LogP contribution in [0.25, 0.3) is 0 Å². The molecule has 0 saturated heterocycles. The van der Waals surface area contributed by atoms with Crippen LogP contribution < -0.4 is 0 Å². The van der Waals surface area contributed by atoms with Crippen LogP contribution in [-0.2, 0) is 20.7 Å². The second-order valence-corrected chi connectivity index (χ2v) is 5.19. The Morgan fingerprint density at radius 1 is 1.19 bits per heavy atom. The van der Waals surface area contributed by atoms with Gasteiger partial charge in [0, 0.05) is 0 Å². The van der Waals surface area contributed by atoms with Gasteiger partial charge < -0.3 is 4.74 Å². The number of hydrogen-bond donors (Lipinski definition) is 0. The van der Waals surface area contributed by atoms with Gasteiger partial charge in [0.15, 0.2) is 0 Å². The fourth-order valence-electron chi connectivity index (χ4n) is 2.08. The number of esters is 1. The molecule has 3 heteroatoms. The van der Waals surface area contributed by atoms with Gasteiger partial charge in [-0.2, -0.15) is 0 Å². The molecule has 0 heterocycles. The number of Topliss-reactive ketones (excluding diaryl/α,β-unsaturated/α-hetero) is 1. The number of carbonyl (C=O) groups excluding carboxylic acids is 2. The van der Waals surface area contributed by atoms with Crippen molar-refractivity contribution >= 4 is 11.8 Å². The highest BCUT2D eigenvalue weighted by atomic mass is 16.5. The summed E-state index contributed by atoms with van der Waals surface area (Å²) in [6.07, 6.45) is 4.30. The molecule has 0 amide bonds. The number of ketones is 1. The zero-order valence-corrected chi connectivity index (χ0v) is 13.1. The van der Waals surface area contributed by atoms with E-state index >= 15 is 0 Å². The third-order valence-electron chi connectivity index (χ3n) is 3.41. The smallest absolute Gasteiger partial charge is 0.316 e. The first kappa shape index (κ1) is 17.2. The quantitative estimate of drug-likeness (QED) is 0.416. The fourth-order valence-corrected chi connectivity index (χ4v) is 2.08. The number of ether oxygens (including phenoxy) is 1. The van der Waals surface area contributed by atoms with Crippen molar-refractivity contribution in [3.63, 3.8) is 0 Å². The van der Waals surface area contributed by atoms with E-state index in [0.717, 1.165) is 12.8 Å². The lowest BCUT2D eigenvalue weighted by molar-refractivity contribution is -0.150. The summed E-state index contributed by atoms with van der Waals surface area (Å²) in [7, 11) is 0. The molecular formula is C18H24O3. The molecule has 0 saturated carbocycles. The molecule has 1 unspecified atom stereocenters. The van der Waals surface area contributed by atoms with Crippen LogP contribution in [0.4, 0.5) is 0 Å². The molecule has 0 N–H and O–H groups in total. The summed E-state index contributed by atoms with van der Waals surface area (Å²) in [5.41, 5.74) is 2.48. The van der Waals surface area contributed by atoms with Gasteiger partial charge in [-0.25, -0.2) is 0 Å². The molecule has 0 aliphatic carbocycles. The van der Waals surface area contributed by atoms with Crippen molar-refractivity contribution in [2.24, 2.45) is 5.92 Å². The van der Waals surface area contributed by atoms with Crippen LogP contribution in [-0.4, -0.2) is 18.4 Å². The summed E-state index contributed by atoms with van der Waals surface area (Å²) in [6, 6.07) is 10.3. The normalized spacial score (nSPS) is 12.8. The van der Waals surface area contributed by atoms with Crippen molar-refractivity contribution in [2.75, 3.05) is 6.61 Å². The summed E-state index contributed by atoms with van der Waals surface area (Å²) in [5, 5.41) is 0. The Morgan fingerprint density at radius 3 is 2.43 bits per heavy atom. The highest BCUT2D eigenvalue weighted by Gasteiger charge is 2.23. The summed E-state index contributed by atoms with van der Waals surface area (Å²) in [6.45, 7) is 5.52. The molecule has 0 spiro atoms. The van der Waals surface area contributed by atoms with E-state index in [4.69, 9.17) is 4.74 Å². The second kappa shape index (κ2) is 9.11. The van der Waals surface area contributed by atoms with Crippen molar-refractivity contribution in [1.29, 1.82) is 0 Å². The van der Waals surface area contributed by atoms with Gasteiger partial charge in [0.2, 0.25) is 0 Å². The molecular weight excluding hydrogens is 264 g/mol. The zero-order valence-electron chi connectivity index (χ0n) is 13.1. The molecule has 1 rings (SSSR count). The third kappa shape index (κ3) is 6.39. The second-order valence-electron chi connectivity index (χ2n) is 5.19. The van der Waals surface area contributed by atoms with Crippen molar-refractivity contribution in [2.45, 2.75) is 40.0 Å². The fraction of sp³-hybridized carbons (Fsp3) is 0.444. The van der Waals surface area contributed by atoms with Crippen LogP contribution in [0.5, 0.6) is 0 Å². The Labute approximate surface area is 127 Å². The van der Waals surface area contributed by atoms with E-state index in [1.807, 2.05) is 31.2 Å². The van der Waals surface area contributed by atoms with Crippen molar-refractivity contribution in [3.8, 4) is 0 Å². The van der Waals surface area contributed by atoms with E-state index in [1.165, 1.54) is 18.1 Å². The van der Waals surface area contributed by atoms with Crippen LogP contribution >= 0.6 is 0 Å². The molecule has 0 aliphatic heterocycles. The minimum Gasteiger partial charge on any atom is -0.465 e. The Balaban J connectivity index is 2.52. The van der Waals surface area contributed by atoms with Gasteiger partial charge in [-0.15, -0.1) is 0 Å². The molecule has 0 fully saturated rings. The monoisotopic (exact) mass is 288 g/mol. The molecule has 0 aliphatic rings. The molecule has 1 aromatic rings. The van der Waals surface area contributed by atoms with E-state index in [2.05, 4.69) is 12.1 Å². The number of hydrogen-bond acceptors (Lipinski definition) is 3. The van der Waals surface area contributed by atoms with Gasteiger partial charge in [0.25, 0.3) is 0 Å². The molecule has 114 valence electrons. The van der Waals surface area contributed by atoms with Gasteiger partial charge in [-0.1, -0.05) is 42.0 Å². The topological polar surface area (TPSA) is 43.4 Å². The molecule has 0 bridgehead atoms. The van der Waals surface area contributed by atoms with Gasteiger partial charge >= 0.3 is 5.97 Å². The number of aryl methyl sites for hydroxylation is 1. The molecule has 21 heavy (non-hydrogen) atoms. The van der Waals surface area contributed by atoms with Crippen molar-refractivity contribution in [1.82, 2.24) is 0 Å². The number of benzene rings is 1. The minimum absolute atomic E-state index is 0.138. The molecule has 0 radical (unpaired) electrons. The first-order valence-electron chi connectivity index (χ1n) is 7.41. The van der Waals surface area contributed by atoms with Crippen molar-refractivity contribution < 1.29 is 14.3 Å². The minimum atomic E-state index is -0.670. The summed E-state index contributed by atoms with van der Waals surface area (Å²) < 4.78 is 4.94. The lowest BCUT2D eigenvalue weighted by Gasteiger charge is -2.11. The van der Waals surface area contributed by atoms with Crippen LogP contribution in [0.1, 0.15) is 39.2 Å². The van der Waals surface area contributed by atoms with Crippen molar-refractivity contribution in [3.05, 3.63) is 47.5 Å². The molecule has 1 aromatic carbocycles. The molecule has 0 aromatic heterocycles. The first-order valence-corrected chi connectivity index (χ1v) is 7.41. The first-order chi connectivity index (χ1) is 10.0. The predicted molar refractivity (Wildman–Crippen MR) is 83.9 cm³/mol.